The maximum Gasteiger partial charge on any atom is 0.360 e. The Morgan fingerprint density at radius 2 is 1.06 bits per heavy atom. The number of aromatic nitrogens is 2. The smallest absolute Gasteiger partial charge is 0.360 e. The van der Waals surface area contributed by atoms with Crippen LogP contribution in [-0.2, 0) is 46.0 Å². The number of ether oxygens (including phenoxy) is 5. The van der Waals surface area contributed by atoms with Crippen LogP contribution in [0.1, 0.15) is 39.3 Å². The molecule has 0 saturated heterocycles. The predicted molar refractivity (Wildman–Crippen MR) is 189 cm³/mol. The van der Waals surface area contributed by atoms with E-state index in [9.17, 15) is 24.6 Å². The third-order valence-corrected chi connectivity index (χ3v) is 7.30. The van der Waals surface area contributed by atoms with E-state index in [4.69, 9.17) is 14.2 Å². The molecule has 2 N–H and O–H groups in total. The first-order valence-electron chi connectivity index (χ1n) is 15.1. The zero-order valence-corrected chi connectivity index (χ0v) is 30.4. The average Bonchev–Trinajstić information content (AvgIpc) is 3.13. The predicted octanol–water partition coefficient (Wildman–Crippen LogP) is 7.86. The molecule has 0 bridgehead atoms. The van der Waals surface area contributed by atoms with Gasteiger partial charge in [0.15, 0.2) is 22.9 Å². The van der Waals surface area contributed by atoms with Gasteiger partial charge in [-0.05, 0) is 67.6 Å². The topological polar surface area (TPSA) is 164 Å². The largest absolute Gasteiger partial charge is 0.505 e. The summed E-state index contributed by atoms with van der Waals surface area (Å²) in [5, 5.41) is 22.8. The van der Waals surface area contributed by atoms with Gasteiger partial charge in [0.2, 0.25) is 0 Å². The second-order valence-corrected chi connectivity index (χ2v) is 10.7. The summed E-state index contributed by atoms with van der Waals surface area (Å²) in [4.78, 5) is 43.0. The quantitative estimate of drug-likeness (QED) is 0.0665. The molecular weight excluding hydrogens is 763 g/mol. The molecule has 0 aliphatic carbocycles. The third kappa shape index (κ3) is 9.39. The van der Waals surface area contributed by atoms with E-state index < -0.39 is 17.9 Å². The van der Waals surface area contributed by atoms with E-state index in [-0.39, 0.29) is 57.3 Å². The Kier molecular flexibility index (Phi) is 14.2. The van der Waals surface area contributed by atoms with Gasteiger partial charge in [-0.2, -0.15) is 0 Å². The van der Waals surface area contributed by atoms with Crippen LogP contribution < -0.4 is 9.47 Å². The van der Waals surface area contributed by atoms with Gasteiger partial charge in [0.25, 0.3) is 0 Å². The summed E-state index contributed by atoms with van der Waals surface area (Å²) in [7, 11) is 2.44. The molecule has 0 radical (unpaired) electrons. The number of pyridine rings is 2. The fourth-order valence-electron chi connectivity index (χ4n) is 4.92. The number of carbonyl (C=O) groups is 3. The maximum absolute atomic E-state index is 11.9. The van der Waals surface area contributed by atoms with Gasteiger partial charge in [0, 0.05) is 54.6 Å². The van der Waals surface area contributed by atoms with Crippen molar-refractivity contribution in [3.05, 3.63) is 127 Å². The van der Waals surface area contributed by atoms with E-state index in [0.29, 0.717) is 55.9 Å². The Bertz CT molecular complexity index is 2200. The van der Waals surface area contributed by atoms with Crippen molar-refractivity contribution in [2.45, 2.75) is 20.5 Å². The second kappa shape index (κ2) is 18.3. The number of carbonyl (C=O) groups excluding carboxylic acids is 3. The summed E-state index contributed by atoms with van der Waals surface area (Å²) in [6, 6.07) is 28.7. The number of methoxy groups -OCH3 is 2. The first-order chi connectivity index (χ1) is 24.1. The zero-order valence-electron chi connectivity index (χ0n) is 28.8. The molecule has 2 heterocycles. The monoisotopic (exact) mass is 797 g/mol. The molecule has 0 unspecified atom stereocenters. The number of aryl methyl sites for hydroxylation is 1. The molecule has 0 aliphatic heterocycles. The van der Waals surface area contributed by atoms with Gasteiger partial charge in [-0.15, -0.1) is 0 Å². The van der Waals surface area contributed by atoms with Crippen molar-refractivity contribution < 1.29 is 68.7 Å². The Morgan fingerprint density at radius 1 is 0.615 bits per heavy atom. The number of fused-ring (bicyclic) bond motifs is 2. The van der Waals surface area contributed by atoms with Crippen LogP contribution in [0, 0.1) is 14.4 Å². The van der Waals surface area contributed by atoms with Crippen molar-refractivity contribution in [1.82, 2.24) is 9.97 Å². The van der Waals surface area contributed by atoms with Gasteiger partial charge in [-0.3, -0.25) is 4.79 Å². The van der Waals surface area contributed by atoms with Crippen molar-refractivity contribution in [3.63, 3.8) is 0 Å². The van der Waals surface area contributed by atoms with Gasteiger partial charge in [-0.1, -0.05) is 36.4 Å². The molecule has 0 atom stereocenters. The van der Waals surface area contributed by atoms with Crippen molar-refractivity contribution in [2.75, 3.05) is 14.2 Å². The van der Waals surface area contributed by atoms with Crippen LogP contribution in [0.25, 0.3) is 21.5 Å². The summed E-state index contributed by atoms with van der Waals surface area (Å²) in [5.74, 6) is 0.0335. The van der Waals surface area contributed by atoms with Gasteiger partial charge in [0.05, 0.1) is 19.9 Å². The van der Waals surface area contributed by atoms with Gasteiger partial charge in [-0.25, -0.2) is 19.6 Å². The number of benzene rings is 4. The first kappa shape index (κ1) is 40.4. The average molecular weight is 798 g/mol. The molecule has 272 valence electrons. The van der Waals surface area contributed by atoms with Crippen LogP contribution >= 0.6 is 0 Å². The molecule has 6 aromatic rings. The van der Waals surface area contributed by atoms with Crippen LogP contribution in [0.3, 0.4) is 0 Å². The van der Waals surface area contributed by atoms with Crippen LogP contribution in [0.4, 0.5) is 0 Å². The van der Waals surface area contributed by atoms with Gasteiger partial charge in [0.1, 0.15) is 29.6 Å². The zero-order chi connectivity index (χ0) is 35.8. The van der Waals surface area contributed by atoms with E-state index in [2.05, 4.69) is 19.4 Å². The number of esters is 3. The molecule has 13 heteroatoms. The Balaban J connectivity index is 0.000000273. The third-order valence-electron chi connectivity index (χ3n) is 7.30. The normalized spacial score (nSPS) is 10.1. The molecule has 0 amide bonds. The van der Waals surface area contributed by atoms with E-state index in [1.54, 1.807) is 55.5 Å². The SMILES string of the molecule is COC(=O)c1nc(C)c2cc(Oc3ccccc3)ccc2c1O.COC(=O)c1nc(COC(C)=O)c2cc(Oc3ccccc3)ccc2c1O.[CH3-].[Pd]. The van der Waals surface area contributed by atoms with Crippen molar-refractivity contribution in [3.8, 4) is 34.5 Å². The minimum atomic E-state index is -0.789. The van der Waals surface area contributed by atoms with Crippen LogP contribution in [0.2, 0.25) is 0 Å². The molecule has 6 rings (SSSR count). The number of nitrogens with zero attached hydrogens (tertiary/aromatic N) is 2. The number of hydrogen-bond donors (Lipinski definition) is 2. The first-order valence-corrected chi connectivity index (χ1v) is 15.1. The summed E-state index contributed by atoms with van der Waals surface area (Å²) < 4.78 is 25.9. The molecular formula is C39H35N2O10Pd-. The van der Waals surface area contributed by atoms with E-state index in [1.165, 1.54) is 21.1 Å². The number of para-hydroxylation sites is 2. The van der Waals surface area contributed by atoms with E-state index in [0.717, 1.165) is 0 Å². The molecule has 2 aromatic heterocycles. The van der Waals surface area contributed by atoms with Crippen LogP contribution in [0.15, 0.2) is 97.1 Å². The van der Waals surface area contributed by atoms with Gasteiger partial charge >= 0.3 is 17.9 Å². The van der Waals surface area contributed by atoms with E-state index >= 15 is 0 Å². The minimum absolute atomic E-state index is 0. The number of aromatic hydroxyl groups is 2. The summed E-state index contributed by atoms with van der Waals surface area (Å²) in [5.41, 5.74) is 0.576. The fraction of sp³-hybridized carbons (Fsp3) is 0.128. The molecule has 0 saturated carbocycles. The van der Waals surface area contributed by atoms with Crippen molar-refractivity contribution >= 4 is 39.5 Å². The minimum Gasteiger partial charge on any atom is -0.505 e. The summed E-state index contributed by atoms with van der Waals surface area (Å²) in [6.45, 7) is 2.87. The number of rotatable bonds is 8. The summed E-state index contributed by atoms with van der Waals surface area (Å²) in [6.07, 6.45) is 0. The fourth-order valence-corrected chi connectivity index (χ4v) is 4.92. The van der Waals surface area contributed by atoms with Crippen molar-refractivity contribution in [2.24, 2.45) is 0 Å². The van der Waals surface area contributed by atoms with Gasteiger partial charge < -0.3 is 41.3 Å². The standard InChI is InChI=1S/C20H17NO6.C18H15NO4.CH3.Pd/c1-12(22)26-11-17-16-10-14(27-13-6-4-3-5-7-13)8-9-15(16)19(23)18(21-17)20(24)25-2;1-11-15-10-13(23-12-6-4-3-5-7-12)8-9-14(15)17(20)16(19-11)18(21)22-2;;/h3-10,23H,11H2,1-2H3;3-10,20H,1-2H3;1H3;/q;;-1;. The maximum atomic E-state index is 11.9. The Hall–Kier alpha value is -6.03. The Morgan fingerprint density at radius 3 is 1.52 bits per heavy atom. The molecule has 12 nitrogen and oxygen atoms in total. The van der Waals surface area contributed by atoms with Crippen LogP contribution in [0.5, 0.6) is 34.5 Å². The molecule has 4 aromatic carbocycles. The summed E-state index contributed by atoms with van der Waals surface area (Å²) >= 11 is 0. The molecule has 0 spiro atoms. The van der Waals surface area contributed by atoms with Crippen LogP contribution in [-0.4, -0.2) is 52.3 Å². The number of hydrogen-bond acceptors (Lipinski definition) is 12. The molecule has 0 fully saturated rings. The second-order valence-electron chi connectivity index (χ2n) is 10.7. The molecule has 0 aliphatic rings. The van der Waals surface area contributed by atoms with Crippen molar-refractivity contribution in [1.29, 1.82) is 0 Å². The Labute approximate surface area is 313 Å². The molecule has 52 heavy (non-hydrogen) atoms. The van der Waals surface area contributed by atoms with E-state index in [1.807, 2.05) is 48.5 Å².